The van der Waals surface area contributed by atoms with E-state index in [2.05, 4.69) is 30.7 Å². The number of ketones is 1. The van der Waals surface area contributed by atoms with E-state index < -0.39 is 0 Å². The minimum absolute atomic E-state index is 0.0544. The van der Waals surface area contributed by atoms with E-state index in [9.17, 15) is 9.59 Å². The Morgan fingerprint density at radius 2 is 2.04 bits per heavy atom. The van der Waals surface area contributed by atoms with Gasteiger partial charge in [0.05, 0.1) is 6.61 Å². The summed E-state index contributed by atoms with van der Waals surface area (Å²) in [7, 11) is 1.91. The molecule has 4 aliphatic carbocycles. The van der Waals surface area contributed by atoms with Crippen LogP contribution in [-0.4, -0.2) is 32.3 Å². The molecule has 0 amide bonds. The van der Waals surface area contributed by atoms with Crippen molar-refractivity contribution < 1.29 is 14.4 Å². The van der Waals surface area contributed by atoms with Gasteiger partial charge < -0.3 is 10.1 Å². The van der Waals surface area contributed by atoms with Crippen molar-refractivity contribution in [3.05, 3.63) is 11.8 Å². The van der Waals surface area contributed by atoms with Crippen LogP contribution in [0, 0.1) is 40.4 Å². The van der Waals surface area contributed by atoms with Crippen LogP contribution < -0.4 is 10.8 Å². The van der Waals surface area contributed by atoms with Gasteiger partial charge in [0, 0.05) is 30.0 Å². The minimum Gasteiger partial charge on any atom is -0.317 e. The highest BCUT2D eigenvalue weighted by Gasteiger charge is 2.61. The fourth-order valence-corrected chi connectivity index (χ4v) is 7.30. The maximum Gasteiger partial charge on any atom is 0.139 e. The van der Waals surface area contributed by atoms with Crippen LogP contribution >= 0.6 is 0 Å². The highest BCUT2D eigenvalue weighted by molar-refractivity contribution is 5.87. The lowest BCUT2D eigenvalue weighted by atomic mass is 9.44. The molecule has 28 heavy (non-hydrogen) atoms. The monoisotopic (exact) mass is 388 g/mol. The van der Waals surface area contributed by atoms with Crippen LogP contribution in [-0.2, 0) is 14.4 Å². The van der Waals surface area contributed by atoms with Gasteiger partial charge in [-0.25, -0.2) is 0 Å². The van der Waals surface area contributed by atoms with Crippen molar-refractivity contribution in [1.82, 2.24) is 10.8 Å². The number of carbonyl (C=O) groups excluding carboxylic acids is 2. The average Bonchev–Trinajstić information content (AvgIpc) is 3.00. The molecular formula is C23H36N2O3. The second-order valence-corrected chi connectivity index (χ2v) is 10.1. The SMILES string of the molecule is CNCCONC1=CC2C(C=O)C[C@@H]3[C@H](CC[C@]4(C)C(=O)CC[C@@H]34)[C@@]2(C)CC1. The smallest absolute Gasteiger partial charge is 0.139 e. The van der Waals surface area contributed by atoms with Gasteiger partial charge in [-0.3, -0.25) is 15.1 Å². The molecule has 4 aliphatic rings. The van der Waals surface area contributed by atoms with Gasteiger partial charge in [0.1, 0.15) is 12.1 Å². The molecule has 156 valence electrons. The molecule has 2 unspecified atom stereocenters. The second-order valence-electron chi connectivity index (χ2n) is 10.1. The number of hydroxylamine groups is 1. The van der Waals surface area contributed by atoms with Gasteiger partial charge in [0.15, 0.2) is 0 Å². The Bertz CT molecular complexity index is 662. The summed E-state index contributed by atoms with van der Waals surface area (Å²) in [5.41, 5.74) is 4.28. The molecule has 0 bridgehead atoms. The molecule has 0 heterocycles. The summed E-state index contributed by atoms with van der Waals surface area (Å²) in [5, 5.41) is 3.07. The van der Waals surface area contributed by atoms with Crippen molar-refractivity contribution >= 4 is 12.1 Å². The summed E-state index contributed by atoms with van der Waals surface area (Å²) in [6, 6.07) is 0. The van der Waals surface area contributed by atoms with Crippen molar-refractivity contribution in [2.75, 3.05) is 20.2 Å². The number of allylic oxidation sites excluding steroid dienone is 2. The van der Waals surface area contributed by atoms with Gasteiger partial charge in [0.2, 0.25) is 0 Å². The zero-order chi connectivity index (χ0) is 19.9. The van der Waals surface area contributed by atoms with E-state index in [0.717, 1.165) is 57.2 Å². The molecule has 0 aromatic carbocycles. The third-order valence-electron chi connectivity index (χ3n) is 8.91. The van der Waals surface area contributed by atoms with Crippen molar-refractivity contribution in [2.24, 2.45) is 40.4 Å². The van der Waals surface area contributed by atoms with Gasteiger partial charge in [-0.05, 0) is 74.7 Å². The normalized spacial score (nSPS) is 44.9. The van der Waals surface area contributed by atoms with Crippen LogP contribution in [0.1, 0.15) is 58.8 Å². The Kier molecular flexibility index (Phi) is 5.43. The van der Waals surface area contributed by atoms with Crippen molar-refractivity contribution in [1.29, 1.82) is 0 Å². The summed E-state index contributed by atoms with van der Waals surface area (Å²) in [6.45, 7) is 6.05. The number of aldehydes is 1. The largest absolute Gasteiger partial charge is 0.317 e. The lowest BCUT2D eigenvalue weighted by Gasteiger charge is -2.60. The lowest BCUT2D eigenvalue weighted by molar-refractivity contribution is -0.142. The van der Waals surface area contributed by atoms with Gasteiger partial charge in [-0.2, -0.15) is 0 Å². The molecule has 0 saturated heterocycles. The Balaban J connectivity index is 1.56. The third kappa shape index (κ3) is 3.06. The molecule has 2 N–H and O–H groups in total. The van der Waals surface area contributed by atoms with Crippen LogP contribution in [0.15, 0.2) is 11.8 Å². The van der Waals surface area contributed by atoms with Crippen LogP contribution in [0.25, 0.3) is 0 Å². The number of hydrogen-bond acceptors (Lipinski definition) is 5. The van der Waals surface area contributed by atoms with E-state index in [0.29, 0.717) is 30.1 Å². The van der Waals surface area contributed by atoms with Crippen molar-refractivity contribution in [3.8, 4) is 0 Å². The molecule has 0 aromatic heterocycles. The molecule has 0 radical (unpaired) electrons. The van der Waals surface area contributed by atoms with Gasteiger partial charge >= 0.3 is 0 Å². The Morgan fingerprint density at radius 3 is 2.79 bits per heavy atom. The molecule has 3 saturated carbocycles. The minimum atomic E-state index is -0.129. The maximum absolute atomic E-state index is 12.6. The fraction of sp³-hybridized carbons (Fsp3) is 0.826. The highest BCUT2D eigenvalue weighted by atomic mass is 16.6. The zero-order valence-corrected chi connectivity index (χ0v) is 17.6. The fourth-order valence-electron chi connectivity index (χ4n) is 7.30. The first-order chi connectivity index (χ1) is 13.4. The molecule has 4 rings (SSSR count). The Hall–Kier alpha value is -1.20. The molecule has 0 aliphatic heterocycles. The number of nitrogens with one attached hydrogen (secondary N) is 2. The average molecular weight is 389 g/mol. The van der Waals surface area contributed by atoms with Gasteiger partial charge in [-0.1, -0.05) is 19.9 Å². The predicted molar refractivity (Wildman–Crippen MR) is 108 cm³/mol. The summed E-state index contributed by atoms with van der Waals surface area (Å²) < 4.78 is 0. The second kappa shape index (κ2) is 7.56. The zero-order valence-electron chi connectivity index (χ0n) is 17.6. The molecular weight excluding hydrogens is 352 g/mol. The number of rotatable bonds is 6. The lowest BCUT2D eigenvalue weighted by Crippen LogP contribution is -2.55. The number of Topliss-reactive ketones (excluding diaryl/α,β-unsaturated/α-hetero) is 1. The summed E-state index contributed by atoms with van der Waals surface area (Å²) >= 11 is 0. The van der Waals surface area contributed by atoms with Crippen molar-refractivity contribution in [3.63, 3.8) is 0 Å². The van der Waals surface area contributed by atoms with Crippen LogP contribution in [0.4, 0.5) is 0 Å². The van der Waals surface area contributed by atoms with E-state index in [1.807, 2.05) is 7.05 Å². The highest BCUT2D eigenvalue weighted by Crippen LogP contribution is 2.65. The topological polar surface area (TPSA) is 67.4 Å². The van der Waals surface area contributed by atoms with E-state index in [1.54, 1.807) is 0 Å². The van der Waals surface area contributed by atoms with E-state index in [-0.39, 0.29) is 22.7 Å². The molecule has 0 spiro atoms. The molecule has 0 aromatic rings. The maximum atomic E-state index is 12.6. The number of hydrogen-bond donors (Lipinski definition) is 2. The van der Waals surface area contributed by atoms with Crippen LogP contribution in [0.5, 0.6) is 0 Å². The van der Waals surface area contributed by atoms with Crippen LogP contribution in [0.3, 0.4) is 0 Å². The van der Waals surface area contributed by atoms with Crippen molar-refractivity contribution in [2.45, 2.75) is 58.8 Å². The summed E-state index contributed by atoms with van der Waals surface area (Å²) in [4.78, 5) is 30.3. The van der Waals surface area contributed by atoms with Crippen LogP contribution in [0.2, 0.25) is 0 Å². The first kappa shape index (κ1) is 20.1. The van der Waals surface area contributed by atoms with E-state index in [1.165, 1.54) is 6.29 Å². The first-order valence-corrected chi connectivity index (χ1v) is 11.2. The summed E-state index contributed by atoms with van der Waals surface area (Å²) in [6.07, 6.45) is 10.5. The summed E-state index contributed by atoms with van der Waals surface area (Å²) in [5.74, 6) is 2.43. The predicted octanol–water partition coefficient (Wildman–Crippen LogP) is 3.26. The van der Waals surface area contributed by atoms with E-state index >= 15 is 0 Å². The van der Waals surface area contributed by atoms with Gasteiger partial charge in [0.25, 0.3) is 0 Å². The Morgan fingerprint density at radius 1 is 1.21 bits per heavy atom. The van der Waals surface area contributed by atoms with E-state index in [4.69, 9.17) is 4.84 Å². The third-order valence-corrected chi connectivity index (χ3v) is 8.91. The first-order valence-electron chi connectivity index (χ1n) is 11.2. The molecule has 7 atom stereocenters. The molecule has 3 fully saturated rings. The standard InChI is InChI=1S/C23H36N2O3/c1-22-8-6-16(25-28-11-10-24-3)13-20(22)15(14-26)12-17-18-4-5-21(27)23(18,2)9-7-19(17)22/h13-15,17-20,24-25H,4-12H2,1-3H3/t15?,17-,18-,19-,20?,22+,23-/m0/s1. The Labute approximate surface area is 169 Å². The number of fused-ring (bicyclic) bond motifs is 5. The molecule has 5 heteroatoms. The number of likely N-dealkylation sites (N-methyl/N-ethyl adjacent to an activating group) is 1. The molecule has 5 nitrogen and oxygen atoms in total. The quantitative estimate of drug-likeness (QED) is 0.415. The number of carbonyl (C=O) groups is 2. The van der Waals surface area contributed by atoms with Gasteiger partial charge in [-0.15, -0.1) is 0 Å².